The fourth-order valence-corrected chi connectivity index (χ4v) is 4.57. The smallest absolute Gasteiger partial charge is 0.0927 e. The SMILES string of the molecule is CCC1CCCC(C2(O)CCC(C)c3ccccc32)C1. The summed E-state index contributed by atoms with van der Waals surface area (Å²) in [5.74, 6) is 1.89. The normalized spacial score (nSPS) is 37.5. The molecule has 0 heterocycles. The minimum atomic E-state index is -0.559. The predicted molar refractivity (Wildman–Crippen MR) is 83.7 cm³/mol. The van der Waals surface area contributed by atoms with Crippen LogP contribution < -0.4 is 0 Å². The van der Waals surface area contributed by atoms with E-state index < -0.39 is 5.60 Å². The van der Waals surface area contributed by atoms with E-state index in [-0.39, 0.29) is 0 Å². The lowest BCUT2D eigenvalue weighted by Crippen LogP contribution is -2.41. The average Bonchev–Trinajstić information content (AvgIpc) is 2.51. The van der Waals surface area contributed by atoms with Crippen LogP contribution in [0.25, 0.3) is 0 Å². The zero-order chi connectivity index (χ0) is 14.2. The predicted octanol–water partition coefficient (Wildman–Crippen LogP) is 4.99. The van der Waals surface area contributed by atoms with Crippen molar-refractivity contribution < 1.29 is 5.11 Å². The van der Waals surface area contributed by atoms with Gasteiger partial charge in [-0.2, -0.15) is 0 Å². The van der Waals surface area contributed by atoms with Crippen molar-refractivity contribution in [2.75, 3.05) is 0 Å². The van der Waals surface area contributed by atoms with Gasteiger partial charge in [0.05, 0.1) is 5.60 Å². The van der Waals surface area contributed by atoms with E-state index in [1.54, 1.807) is 0 Å². The molecule has 1 nitrogen and oxygen atoms in total. The van der Waals surface area contributed by atoms with Gasteiger partial charge in [-0.15, -0.1) is 0 Å². The molecule has 110 valence electrons. The molecule has 1 fully saturated rings. The van der Waals surface area contributed by atoms with E-state index in [9.17, 15) is 5.11 Å². The summed E-state index contributed by atoms with van der Waals surface area (Å²) in [6, 6.07) is 8.63. The van der Waals surface area contributed by atoms with E-state index in [0.29, 0.717) is 11.8 Å². The Labute approximate surface area is 123 Å². The molecule has 0 radical (unpaired) electrons. The van der Waals surface area contributed by atoms with Crippen molar-refractivity contribution in [3.05, 3.63) is 35.4 Å². The molecule has 20 heavy (non-hydrogen) atoms. The van der Waals surface area contributed by atoms with E-state index in [1.165, 1.54) is 43.2 Å². The number of aliphatic hydroxyl groups is 1. The number of hydrogen-bond acceptors (Lipinski definition) is 1. The number of benzene rings is 1. The van der Waals surface area contributed by atoms with Crippen molar-refractivity contribution in [3.63, 3.8) is 0 Å². The summed E-state index contributed by atoms with van der Waals surface area (Å²) < 4.78 is 0. The lowest BCUT2D eigenvalue weighted by Gasteiger charge is -2.45. The van der Waals surface area contributed by atoms with Crippen LogP contribution in [0, 0.1) is 11.8 Å². The lowest BCUT2D eigenvalue weighted by molar-refractivity contribution is -0.0627. The van der Waals surface area contributed by atoms with Crippen molar-refractivity contribution in [2.45, 2.75) is 70.3 Å². The molecule has 0 saturated heterocycles. The summed E-state index contributed by atoms with van der Waals surface area (Å²) in [7, 11) is 0. The first-order valence-electron chi connectivity index (χ1n) is 8.47. The Balaban J connectivity index is 1.94. The summed E-state index contributed by atoms with van der Waals surface area (Å²) in [6.07, 6.45) is 8.42. The molecular weight excluding hydrogens is 244 g/mol. The van der Waals surface area contributed by atoms with Crippen LogP contribution in [0.15, 0.2) is 24.3 Å². The summed E-state index contributed by atoms with van der Waals surface area (Å²) in [6.45, 7) is 4.60. The van der Waals surface area contributed by atoms with E-state index in [0.717, 1.165) is 18.8 Å². The third-order valence-corrected chi connectivity index (χ3v) is 5.95. The molecule has 4 atom stereocenters. The zero-order valence-corrected chi connectivity index (χ0v) is 12.9. The molecule has 0 bridgehead atoms. The van der Waals surface area contributed by atoms with Gasteiger partial charge in [-0.05, 0) is 54.6 Å². The number of hydrogen-bond donors (Lipinski definition) is 1. The van der Waals surface area contributed by atoms with Crippen molar-refractivity contribution >= 4 is 0 Å². The third-order valence-electron chi connectivity index (χ3n) is 5.95. The maximum Gasteiger partial charge on any atom is 0.0927 e. The minimum Gasteiger partial charge on any atom is -0.385 e. The van der Waals surface area contributed by atoms with E-state index in [4.69, 9.17) is 0 Å². The molecule has 0 spiro atoms. The van der Waals surface area contributed by atoms with Crippen LogP contribution in [0.4, 0.5) is 0 Å². The maximum atomic E-state index is 11.5. The van der Waals surface area contributed by atoms with Crippen LogP contribution in [0.3, 0.4) is 0 Å². The zero-order valence-electron chi connectivity index (χ0n) is 12.9. The van der Waals surface area contributed by atoms with Crippen LogP contribution in [-0.4, -0.2) is 5.11 Å². The van der Waals surface area contributed by atoms with Crippen LogP contribution in [-0.2, 0) is 5.60 Å². The fourth-order valence-electron chi connectivity index (χ4n) is 4.57. The molecule has 1 aromatic rings. The first-order valence-corrected chi connectivity index (χ1v) is 8.47. The number of fused-ring (bicyclic) bond motifs is 1. The highest BCUT2D eigenvalue weighted by Crippen LogP contribution is 2.50. The molecule has 1 saturated carbocycles. The molecule has 0 aromatic heterocycles. The van der Waals surface area contributed by atoms with Crippen molar-refractivity contribution in [1.29, 1.82) is 0 Å². The Kier molecular flexibility index (Phi) is 3.90. The second-order valence-corrected chi connectivity index (χ2v) is 7.09. The maximum absolute atomic E-state index is 11.5. The first kappa shape index (κ1) is 14.1. The quantitative estimate of drug-likeness (QED) is 0.804. The number of rotatable bonds is 2. The highest BCUT2D eigenvalue weighted by molar-refractivity contribution is 5.38. The van der Waals surface area contributed by atoms with Gasteiger partial charge in [0.25, 0.3) is 0 Å². The lowest BCUT2D eigenvalue weighted by atomic mass is 9.63. The molecule has 3 rings (SSSR count). The van der Waals surface area contributed by atoms with E-state index >= 15 is 0 Å². The standard InChI is InChI=1S/C19H28O/c1-3-15-7-6-8-16(13-15)19(20)12-11-14(2)17-9-4-5-10-18(17)19/h4-5,9-10,14-16,20H,3,6-8,11-13H2,1-2H3. The first-order chi connectivity index (χ1) is 9.65. The molecule has 4 unspecified atom stereocenters. The van der Waals surface area contributed by atoms with Gasteiger partial charge in [-0.3, -0.25) is 0 Å². The van der Waals surface area contributed by atoms with Gasteiger partial charge < -0.3 is 5.11 Å². The Morgan fingerprint density at radius 3 is 2.80 bits per heavy atom. The van der Waals surface area contributed by atoms with Crippen LogP contribution in [0.2, 0.25) is 0 Å². The van der Waals surface area contributed by atoms with E-state index in [1.807, 2.05) is 0 Å². The summed E-state index contributed by atoms with van der Waals surface area (Å²) >= 11 is 0. The Morgan fingerprint density at radius 2 is 2.00 bits per heavy atom. The largest absolute Gasteiger partial charge is 0.385 e. The molecule has 0 amide bonds. The summed E-state index contributed by atoms with van der Waals surface area (Å²) in [5.41, 5.74) is 2.07. The van der Waals surface area contributed by atoms with Crippen molar-refractivity contribution in [1.82, 2.24) is 0 Å². The monoisotopic (exact) mass is 272 g/mol. The molecule has 2 aliphatic rings. The highest BCUT2D eigenvalue weighted by atomic mass is 16.3. The third kappa shape index (κ3) is 2.30. The van der Waals surface area contributed by atoms with Crippen LogP contribution in [0.1, 0.15) is 75.8 Å². The van der Waals surface area contributed by atoms with Gasteiger partial charge in [-0.1, -0.05) is 57.4 Å². The molecule has 1 heteroatoms. The summed E-state index contributed by atoms with van der Waals surface area (Å²) in [4.78, 5) is 0. The molecule has 2 aliphatic carbocycles. The molecule has 1 N–H and O–H groups in total. The van der Waals surface area contributed by atoms with Crippen molar-refractivity contribution in [3.8, 4) is 0 Å². The topological polar surface area (TPSA) is 20.2 Å². The summed E-state index contributed by atoms with van der Waals surface area (Å²) in [5, 5.41) is 11.5. The average molecular weight is 272 g/mol. The molecule has 1 aromatic carbocycles. The molecule has 0 aliphatic heterocycles. The fraction of sp³-hybridized carbons (Fsp3) is 0.684. The van der Waals surface area contributed by atoms with Gasteiger partial charge >= 0.3 is 0 Å². The Morgan fingerprint density at radius 1 is 1.20 bits per heavy atom. The van der Waals surface area contributed by atoms with Crippen LogP contribution >= 0.6 is 0 Å². The van der Waals surface area contributed by atoms with Crippen molar-refractivity contribution in [2.24, 2.45) is 11.8 Å². The van der Waals surface area contributed by atoms with E-state index in [2.05, 4.69) is 38.1 Å². The van der Waals surface area contributed by atoms with Gasteiger partial charge in [-0.25, -0.2) is 0 Å². The van der Waals surface area contributed by atoms with Gasteiger partial charge in [0.15, 0.2) is 0 Å². The Hall–Kier alpha value is -0.820. The molecular formula is C19H28O. The minimum absolute atomic E-state index is 0.467. The van der Waals surface area contributed by atoms with Gasteiger partial charge in [0, 0.05) is 0 Å². The van der Waals surface area contributed by atoms with Gasteiger partial charge in [0.2, 0.25) is 0 Å². The van der Waals surface area contributed by atoms with Gasteiger partial charge in [0.1, 0.15) is 0 Å². The van der Waals surface area contributed by atoms with Crippen LogP contribution in [0.5, 0.6) is 0 Å². The highest BCUT2D eigenvalue weighted by Gasteiger charge is 2.44. The second kappa shape index (κ2) is 5.52. The Bertz CT molecular complexity index is 467. The second-order valence-electron chi connectivity index (χ2n) is 7.09.